The molecule has 0 spiro atoms. The van der Waals surface area contributed by atoms with Crippen molar-refractivity contribution in [1.29, 1.82) is 0 Å². The second-order valence-corrected chi connectivity index (χ2v) is 2.26. The Hall–Kier alpha value is -0.870. The summed E-state index contributed by atoms with van der Waals surface area (Å²) >= 11 is 0. The van der Waals surface area contributed by atoms with Gasteiger partial charge in [-0.15, -0.1) is 0 Å². The molecule has 4 nitrogen and oxygen atoms in total. The Kier molecular flexibility index (Phi) is 2.62. The molecule has 0 unspecified atom stereocenters. The van der Waals surface area contributed by atoms with E-state index in [0.29, 0.717) is 13.2 Å². The van der Waals surface area contributed by atoms with Gasteiger partial charge < -0.3 is 14.6 Å². The first-order valence-electron chi connectivity index (χ1n) is 3.35. The molecule has 0 atom stereocenters. The summed E-state index contributed by atoms with van der Waals surface area (Å²) in [6.45, 7) is 2.58. The van der Waals surface area contributed by atoms with Gasteiger partial charge in [-0.2, -0.15) is 0 Å². The molecule has 0 bridgehead atoms. The molecule has 1 saturated heterocycles. The van der Waals surface area contributed by atoms with Gasteiger partial charge in [-0.3, -0.25) is 0 Å². The van der Waals surface area contributed by atoms with Crippen LogP contribution in [0.5, 0.6) is 0 Å². The SMILES string of the molecule is CC(=CC1OCCO1)C(=O)O. The summed E-state index contributed by atoms with van der Waals surface area (Å²) in [6.07, 6.45) is 0.987. The Morgan fingerprint density at radius 2 is 2.09 bits per heavy atom. The van der Waals surface area contributed by atoms with E-state index in [1.54, 1.807) is 0 Å². The quantitative estimate of drug-likeness (QED) is 0.590. The van der Waals surface area contributed by atoms with Crippen LogP contribution in [0.25, 0.3) is 0 Å². The highest BCUT2D eigenvalue weighted by molar-refractivity contribution is 5.85. The van der Waals surface area contributed by atoms with E-state index in [2.05, 4.69) is 0 Å². The lowest BCUT2D eigenvalue weighted by atomic mass is 10.3. The summed E-state index contributed by atoms with van der Waals surface area (Å²) in [5, 5.41) is 8.46. The van der Waals surface area contributed by atoms with Crippen molar-refractivity contribution < 1.29 is 19.4 Å². The third-order valence-corrected chi connectivity index (χ3v) is 1.37. The molecule has 0 saturated carbocycles. The molecule has 1 rings (SSSR count). The third-order valence-electron chi connectivity index (χ3n) is 1.37. The van der Waals surface area contributed by atoms with Gasteiger partial charge in [-0.05, 0) is 13.0 Å². The van der Waals surface area contributed by atoms with Gasteiger partial charge in [0.1, 0.15) is 0 Å². The Balaban J connectivity index is 2.49. The first kappa shape index (κ1) is 8.23. The van der Waals surface area contributed by atoms with Crippen LogP contribution in [0.2, 0.25) is 0 Å². The molecule has 1 heterocycles. The maximum Gasteiger partial charge on any atom is 0.331 e. The first-order valence-corrected chi connectivity index (χ1v) is 3.35. The standard InChI is InChI=1S/C7H10O4/c1-5(7(8)9)4-6-10-2-3-11-6/h4,6H,2-3H2,1H3,(H,8,9). The van der Waals surface area contributed by atoms with Gasteiger partial charge >= 0.3 is 5.97 Å². The minimum Gasteiger partial charge on any atom is -0.478 e. The molecular weight excluding hydrogens is 148 g/mol. The minimum absolute atomic E-state index is 0.247. The van der Waals surface area contributed by atoms with Gasteiger partial charge in [-0.25, -0.2) is 4.79 Å². The van der Waals surface area contributed by atoms with Gasteiger partial charge in [0.15, 0.2) is 6.29 Å². The number of hydrogen-bond donors (Lipinski definition) is 1. The summed E-state index contributed by atoms with van der Waals surface area (Å²) < 4.78 is 10.0. The van der Waals surface area contributed by atoms with Crippen LogP contribution in [0.15, 0.2) is 11.6 Å². The summed E-state index contributed by atoms with van der Waals surface area (Å²) in [4.78, 5) is 10.3. The lowest BCUT2D eigenvalue weighted by Gasteiger charge is -2.02. The molecule has 1 N–H and O–H groups in total. The molecule has 62 valence electrons. The van der Waals surface area contributed by atoms with Crippen molar-refractivity contribution in [3.8, 4) is 0 Å². The number of ether oxygens (including phenoxy) is 2. The number of hydrogen-bond acceptors (Lipinski definition) is 3. The molecule has 4 heteroatoms. The number of carbonyl (C=O) groups is 1. The van der Waals surface area contributed by atoms with E-state index in [1.165, 1.54) is 13.0 Å². The molecule has 0 aliphatic carbocycles. The van der Waals surface area contributed by atoms with Gasteiger partial charge in [-0.1, -0.05) is 0 Å². The minimum atomic E-state index is -0.941. The van der Waals surface area contributed by atoms with Crippen LogP contribution in [0.1, 0.15) is 6.92 Å². The van der Waals surface area contributed by atoms with Crippen LogP contribution in [0.4, 0.5) is 0 Å². The molecule has 0 aromatic carbocycles. The number of aliphatic carboxylic acids is 1. The van der Waals surface area contributed by atoms with E-state index in [-0.39, 0.29) is 5.57 Å². The van der Waals surface area contributed by atoms with Crippen LogP contribution < -0.4 is 0 Å². The molecule has 0 radical (unpaired) electrons. The summed E-state index contributed by atoms with van der Waals surface area (Å²) in [5.74, 6) is -0.941. The zero-order valence-corrected chi connectivity index (χ0v) is 6.24. The zero-order chi connectivity index (χ0) is 8.27. The summed E-state index contributed by atoms with van der Waals surface area (Å²) in [6, 6.07) is 0. The summed E-state index contributed by atoms with van der Waals surface area (Å²) in [5.41, 5.74) is 0.247. The van der Waals surface area contributed by atoms with Crippen molar-refractivity contribution in [1.82, 2.24) is 0 Å². The number of carboxylic acid groups (broad SMARTS) is 1. The first-order chi connectivity index (χ1) is 5.20. The van der Waals surface area contributed by atoms with E-state index < -0.39 is 12.3 Å². The van der Waals surface area contributed by atoms with Crippen molar-refractivity contribution >= 4 is 5.97 Å². The normalized spacial score (nSPS) is 20.6. The summed E-state index contributed by atoms with van der Waals surface area (Å²) in [7, 11) is 0. The molecule has 1 fully saturated rings. The van der Waals surface area contributed by atoms with E-state index in [4.69, 9.17) is 14.6 Å². The highest BCUT2D eigenvalue weighted by atomic mass is 16.7. The predicted octanol–water partition coefficient (Wildman–Crippen LogP) is 0.390. The molecule has 1 aliphatic heterocycles. The van der Waals surface area contributed by atoms with Crippen molar-refractivity contribution in [2.24, 2.45) is 0 Å². The van der Waals surface area contributed by atoms with Crippen molar-refractivity contribution in [2.75, 3.05) is 13.2 Å². The molecule has 0 amide bonds. The zero-order valence-electron chi connectivity index (χ0n) is 6.24. The van der Waals surface area contributed by atoms with E-state index in [0.717, 1.165) is 0 Å². The average molecular weight is 158 g/mol. The molecular formula is C7H10O4. The second-order valence-electron chi connectivity index (χ2n) is 2.26. The van der Waals surface area contributed by atoms with Gasteiger partial charge in [0.05, 0.1) is 13.2 Å². The topological polar surface area (TPSA) is 55.8 Å². The third kappa shape index (κ3) is 2.32. The van der Waals surface area contributed by atoms with Crippen molar-refractivity contribution in [3.63, 3.8) is 0 Å². The fourth-order valence-electron chi connectivity index (χ4n) is 0.748. The molecule has 1 aliphatic rings. The van der Waals surface area contributed by atoms with E-state index >= 15 is 0 Å². The number of rotatable bonds is 2. The highest BCUT2D eigenvalue weighted by Gasteiger charge is 2.14. The van der Waals surface area contributed by atoms with E-state index in [9.17, 15) is 4.79 Å². The Bertz CT molecular complexity index is 179. The number of carboxylic acids is 1. The van der Waals surface area contributed by atoms with Crippen LogP contribution >= 0.6 is 0 Å². The lowest BCUT2D eigenvalue weighted by Crippen LogP contribution is -2.07. The van der Waals surface area contributed by atoms with E-state index in [1.807, 2.05) is 0 Å². The van der Waals surface area contributed by atoms with Crippen LogP contribution in [0, 0.1) is 0 Å². The fourth-order valence-corrected chi connectivity index (χ4v) is 0.748. The van der Waals surface area contributed by atoms with Crippen molar-refractivity contribution in [2.45, 2.75) is 13.2 Å². The second kappa shape index (κ2) is 3.50. The van der Waals surface area contributed by atoms with Gasteiger partial charge in [0.2, 0.25) is 0 Å². The van der Waals surface area contributed by atoms with Crippen LogP contribution in [-0.4, -0.2) is 30.6 Å². The fraction of sp³-hybridized carbons (Fsp3) is 0.571. The highest BCUT2D eigenvalue weighted by Crippen LogP contribution is 2.07. The van der Waals surface area contributed by atoms with Gasteiger partial charge in [0, 0.05) is 5.57 Å². The maximum absolute atomic E-state index is 10.3. The van der Waals surface area contributed by atoms with Gasteiger partial charge in [0.25, 0.3) is 0 Å². The molecule has 0 aromatic heterocycles. The molecule has 11 heavy (non-hydrogen) atoms. The van der Waals surface area contributed by atoms with Crippen molar-refractivity contribution in [3.05, 3.63) is 11.6 Å². The largest absolute Gasteiger partial charge is 0.478 e. The smallest absolute Gasteiger partial charge is 0.331 e. The van der Waals surface area contributed by atoms with Crippen LogP contribution in [-0.2, 0) is 14.3 Å². The Morgan fingerprint density at radius 3 is 2.55 bits per heavy atom. The Morgan fingerprint density at radius 1 is 1.55 bits per heavy atom. The Labute approximate surface area is 64.4 Å². The lowest BCUT2D eigenvalue weighted by molar-refractivity contribution is -0.132. The molecule has 0 aromatic rings. The maximum atomic E-state index is 10.3. The average Bonchev–Trinajstić information content (AvgIpc) is 2.39. The monoisotopic (exact) mass is 158 g/mol. The van der Waals surface area contributed by atoms with Crippen LogP contribution in [0.3, 0.4) is 0 Å². The predicted molar refractivity (Wildman–Crippen MR) is 37.1 cm³/mol.